The molecule has 2 bridgehead atoms. The van der Waals surface area contributed by atoms with Crippen LogP contribution in [0.3, 0.4) is 0 Å². The second-order valence-corrected chi connectivity index (χ2v) is 9.20. The Bertz CT molecular complexity index is 947. The summed E-state index contributed by atoms with van der Waals surface area (Å²) in [4.78, 5) is 33.8. The number of halogens is 1. The number of nitrogens with zero attached hydrogens (tertiary/aromatic N) is 3. The normalized spacial score (nSPS) is 32.6. The van der Waals surface area contributed by atoms with Gasteiger partial charge in [-0.2, -0.15) is 4.39 Å². The second kappa shape index (κ2) is 7.90. The molecule has 172 valence electrons. The van der Waals surface area contributed by atoms with Crippen molar-refractivity contribution in [3.8, 4) is 0 Å². The average molecular weight is 445 g/mol. The highest BCUT2D eigenvalue weighted by atomic mass is 19.1. The maximum absolute atomic E-state index is 14.1. The predicted octanol–water partition coefficient (Wildman–Crippen LogP) is 0.849. The maximum atomic E-state index is 14.1. The zero-order chi connectivity index (χ0) is 22.5. The minimum Gasteiger partial charge on any atom is -0.385 e. The van der Waals surface area contributed by atoms with Crippen LogP contribution in [0.15, 0.2) is 30.5 Å². The average Bonchev–Trinajstić information content (AvgIpc) is 3.42. The Morgan fingerprint density at radius 1 is 1.41 bits per heavy atom. The number of ether oxygens (including phenoxy) is 2. The fraction of sp³-hybridized carbons (Fsp3) is 0.609. The van der Waals surface area contributed by atoms with E-state index in [9.17, 15) is 19.1 Å². The number of aromatic nitrogens is 1. The molecule has 3 saturated heterocycles. The van der Waals surface area contributed by atoms with Crippen molar-refractivity contribution < 1.29 is 28.6 Å². The molecule has 0 radical (unpaired) electrons. The number of hydrogen-bond donors (Lipinski definition) is 1. The monoisotopic (exact) mass is 445 g/mol. The number of piperidine rings is 1. The predicted molar refractivity (Wildman–Crippen MR) is 111 cm³/mol. The summed E-state index contributed by atoms with van der Waals surface area (Å²) in [5.41, 5.74) is -1.93. The van der Waals surface area contributed by atoms with Gasteiger partial charge >= 0.3 is 0 Å². The van der Waals surface area contributed by atoms with Crippen molar-refractivity contribution in [1.82, 2.24) is 14.8 Å². The first kappa shape index (κ1) is 21.5. The largest absolute Gasteiger partial charge is 0.385 e. The van der Waals surface area contributed by atoms with Gasteiger partial charge in [-0.3, -0.25) is 9.59 Å². The molecule has 5 heterocycles. The zero-order valence-corrected chi connectivity index (χ0v) is 18.1. The Morgan fingerprint density at radius 3 is 2.91 bits per heavy atom. The molecule has 0 aliphatic carbocycles. The summed E-state index contributed by atoms with van der Waals surface area (Å²) in [5, 5.41) is 11.0. The van der Waals surface area contributed by atoms with Crippen molar-refractivity contribution in [3.05, 3.63) is 42.0 Å². The molecule has 5 rings (SSSR count). The molecule has 1 N–H and O–H groups in total. The van der Waals surface area contributed by atoms with Crippen molar-refractivity contribution in [3.63, 3.8) is 0 Å². The van der Waals surface area contributed by atoms with Crippen molar-refractivity contribution in [2.45, 2.75) is 36.6 Å². The van der Waals surface area contributed by atoms with E-state index in [1.165, 1.54) is 12.3 Å². The number of hydrogen-bond acceptors (Lipinski definition) is 6. The Morgan fingerprint density at radius 2 is 2.19 bits per heavy atom. The van der Waals surface area contributed by atoms with E-state index in [2.05, 4.69) is 4.98 Å². The topological polar surface area (TPSA) is 92.2 Å². The number of methoxy groups -OCH3 is 1. The Labute approximate surface area is 186 Å². The van der Waals surface area contributed by atoms with Crippen LogP contribution in [0.4, 0.5) is 4.39 Å². The Balaban J connectivity index is 1.29. The van der Waals surface area contributed by atoms with Crippen LogP contribution in [0.25, 0.3) is 0 Å². The van der Waals surface area contributed by atoms with E-state index in [4.69, 9.17) is 9.47 Å². The molecule has 4 aliphatic rings. The number of likely N-dealkylation sites (tertiary alicyclic amines) is 2. The van der Waals surface area contributed by atoms with E-state index in [0.717, 1.165) is 6.42 Å². The molecular formula is C23H28FN3O5. The molecule has 4 atom stereocenters. The third-order valence-electron chi connectivity index (χ3n) is 7.40. The molecule has 9 heteroatoms. The molecule has 0 saturated carbocycles. The Hall–Kier alpha value is -2.36. The van der Waals surface area contributed by atoms with Crippen molar-refractivity contribution in [2.75, 3.05) is 39.9 Å². The molecule has 0 unspecified atom stereocenters. The molecule has 3 fully saturated rings. The van der Waals surface area contributed by atoms with Crippen LogP contribution in [-0.2, 0) is 24.7 Å². The van der Waals surface area contributed by atoms with E-state index in [1.54, 1.807) is 23.0 Å². The highest BCUT2D eigenvalue weighted by Gasteiger charge is 2.67. The molecule has 4 aliphatic heterocycles. The molecule has 32 heavy (non-hydrogen) atoms. The van der Waals surface area contributed by atoms with Crippen LogP contribution in [0.1, 0.15) is 24.8 Å². The van der Waals surface area contributed by atoms with Gasteiger partial charge in [0.2, 0.25) is 17.8 Å². The van der Waals surface area contributed by atoms with Gasteiger partial charge in [0, 0.05) is 45.1 Å². The lowest BCUT2D eigenvalue weighted by molar-refractivity contribution is -0.146. The fourth-order valence-electron chi connectivity index (χ4n) is 5.76. The van der Waals surface area contributed by atoms with Crippen molar-refractivity contribution in [2.24, 2.45) is 11.8 Å². The molecule has 1 spiro atoms. The number of aliphatic hydroxyl groups is 1. The SMILES string of the molecule is COCCCN1C[C@@]23C=C[C@@H](O2)[C@@H](C(=O)N2CCC(O)(c4cccnc4F)CC2)[C@H]3C1=O. The quantitative estimate of drug-likeness (QED) is 0.397. The van der Waals surface area contributed by atoms with Crippen LogP contribution in [0.2, 0.25) is 0 Å². The van der Waals surface area contributed by atoms with Gasteiger partial charge in [0.05, 0.1) is 30.1 Å². The number of rotatable bonds is 6. The Kier molecular flexibility index (Phi) is 5.30. The molecular weight excluding hydrogens is 417 g/mol. The van der Waals surface area contributed by atoms with Gasteiger partial charge in [0.15, 0.2) is 0 Å². The second-order valence-electron chi connectivity index (χ2n) is 9.20. The minimum atomic E-state index is -1.36. The van der Waals surface area contributed by atoms with Gasteiger partial charge in [-0.1, -0.05) is 18.2 Å². The van der Waals surface area contributed by atoms with Gasteiger partial charge in [-0.15, -0.1) is 0 Å². The van der Waals surface area contributed by atoms with Crippen LogP contribution in [0, 0.1) is 17.8 Å². The van der Waals surface area contributed by atoms with Crippen LogP contribution >= 0.6 is 0 Å². The molecule has 1 aromatic heterocycles. The molecule has 8 nitrogen and oxygen atoms in total. The summed E-state index contributed by atoms with van der Waals surface area (Å²) in [6.45, 7) is 2.15. The fourth-order valence-corrected chi connectivity index (χ4v) is 5.76. The van der Waals surface area contributed by atoms with Gasteiger partial charge in [0.25, 0.3) is 0 Å². The highest BCUT2D eigenvalue weighted by Crippen LogP contribution is 2.52. The van der Waals surface area contributed by atoms with Gasteiger partial charge < -0.3 is 24.4 Å². The molecule has 2 amide bonds. The highest BCUT2D eigenvalue weighted by molar-refractivity contribution is 5.93. The summed E-state index contributed by atoms with van der Waals surface area (Å²) >= 11 is 0. The summed E-state index contributed by atoms with van der Waals surface area (Å²) in [6, 6.07) is 3.13. The van der Waals surface area contributed by atoms with Gasteiger partial charge in [-0.05, 0) is 25.3 Å². The van der Waals surface area contributed by atoms with Gasteiger partial charge in [0.1, 0.15) is 5.60 Å². The van der Waals surface area contributed by atoms with E-state index in [0.29, 0.717) is 19.7 Å². The lowest BCUT2D eigenvalue weighted by atomic mass is 9.76. The first-order valence-electron chi connectivity index (χ1n) is 11.2. The van der Waals surface area contributed by atoms with E-state index in [-0.39, 0.29) is 43.3 Å². The van der Waals surface area contributed by atoms with E-state index < -0.39 is 35.1 Å². The minimum absolute atomic E-state index is 0.0442. The third kappa shape index (κ3) is 3.25. The number of pyridine rings is 1. The summed E-state index contributed by atoms with van der Waals surface area (Å²) in [5.74, 6) is -1.96. The van der Waals surface area contributed by atoms with E-state index >= 15 is 0 Å². The molecule has 0 aromatic carbocycles. The first-order valence-corrected chi connectivity index (χ1v) is 11.2. The first-order chi connectivity index (χ1) is 15.4. The van der Waals surface area contributed by atoms with Gasteiger partial charge in [-0.25, -0.2) is 4.98 Å². The van der Waals surface area contributed by atoms with Crippen LogP contribution < -0.4 is 0 Å². The number of fused-ring (bicyclic) bond motifs is 1. The zero-order valence-electron chi connectivity index (χ0n) is 18.1. The number of carbonyl (C=O) groups is 2. The molecule has 1 aromatic rings. The van der Waals surface area contributed by atoms with Crippen LogP contribution in [-0.4, -0.2) is 83.3 Å². The standard InChI is InChI=1S/C23H28FN3O5/c1-31-13-3-10-27-14-23-6-5-16(32-23)17(18(23)21(27)29)20(28)26-11-7-22(30,8-12-26)15-4-2-9-25-19(15)24/h2,4-6,9,16-18,30H,3,7-8,10-14H2,1H3/t16-,17-,18+,23-/m1/s1. The van der Waals surface area contributed by atoms with Crippen molar-refractivity contribution in [1.29, 1.82) is 0 Å². The summed E-state index contributed by atoms with van der Waals surface area (Å²) < 4.78 is 25.4. The smallest absolute Gasteiger partial charge is 0.230 e. The lowest BCUT2D eigenvalue weighted by Gasteiger charge is -2.40. The summed E-state index contributed by atoms with van der Waals surface area (Å²) in [7, 11) is 1.63. The number of carbonyl (C=O) groups excluding carboxylic acids is 2. The van der Waals surface area contributed by atoms with Crippen molar-refractivity contribution >= 4 is 11.8 Å². The van der Waals surface area contributed by atoms with E-state index in [1.807, 2.05) is 12.2 Å². The number of amides is 2. The summed E-state index contributed by atoms with van der Waals surface area (Å²) in [6.07, 6.45) is 5.93. The lowest BCUT2D eigenvalue weighted by Crippen LogP contribution is -2.51. The maximum Gasteiger partial charge on any atom is 0.230 e. The van der Waals surface area contributed by atoms with Crippen LogP contribution in [0.5, 0.6) is 0 Å². The third-order valence-corrected chi connectivity index (χ3v) is 7.40.